The normalized spacial score (nSPS) is 12.6. The van der Waals surface area contributed by atoms with Crippen LogP contribution in [0.2, 0.25) is 0 Å². The fourth-order valence-electron chi connectivity index (χ4n) is 13.5. The Hall–Kier alpha value is -8.98. The van der Waals surface area contributed by atoms with Crippen LogP contribution in [0.15, 0.2) is 249 Å². The van der Waals surface area contributed by atoms with Gasteiger partial charge in [-0.1, -0.05) is 327 Å². The Balaban J connectivity index is 1.33. The quantitative estimate of drug-likeness (QED) is 0.120. The third kappa shape index (κ3) is 14.6. The molecule has 0 spiro atoms. The number of nitrogens with zero attached hydrogens (tertiary/aromatic N) is 2. The molecular formula is C94H104N2. The molecule has 96 heavy (non-hydrogen) atoms. The predicted molar refractivity (Wildman–Crippen MR) is 419 cm³/mol. The van der Waals surface area contributed by atoms with E-state index in [1.54, 1.807) is 0 Å². The van der Waals surface area contributed by atoms with Crippen LogP contribution < -0.4 is 9.80 Å². The highest BCUT2D eigenvalue weighted by molar-refractivity contribution is 6.02. The van der Waals surface area contributed by atoms with Gasteiger partial charge in [0, 0.05) is 45.0 Å². The highest BCUT2D eigenvalue weighted by atomic mass is 15.2. The highest BCUT2D eigenvalue weighted by Crippen LogP contribution is 2.55. The largest absolute Gasteiger partial charge is 0.309 e. The zero-order valence-corrected chi connectivity index (χ0v) is 61.6. The molecule has 0 aliphatic rings. The van der Waals surface area contributed by atoms with E-state index in [-0.39, 0.29) is 37.9 Å². The SMILES string of the molecule is CC(C)(C)c1cc(N(c2cccc(-c3ccc(C(C)(C)C)cc3C(C)(C)C)c2)c2c(-c3ccccc3)cc(C(C)(C)C)cc2-c2ccccc2)cc(N(c2cccc(-c3ccc(C(C)(C)C)cc3C(C)(C)C)c2)c2c(-c3ccccc3)cc(C(C)(C)C)cc2-c2ccccc2)c1. The molecule has 2 nitrogen and oxygen atoms in total. The van der Waals surface area contributed by atoms with Gasteiger partial charge in [0.1, 0.15) is 0 Å². The molecule has 0 aliphatic heterocycles. The summed E-state index contributed by atoms with van der Waals surface area (Å²) in [5, 5.41) is 0. The summed E-state index contributed by atoms with van der Waals surface area (Å²) in [7, 11) is 0. The van der Waals surface area contributed by atoms with Gasteiger partial charge in [0.25, 0.3) is 0 Å². The van der Waals surface area contributed by atoms with Crippen molar-refractivity contribution in [3.63, 3.8) is 0 Å². The Morgan fingerprint density at radius 2 is 0.438 bits per heavy atom. The van der Waals surface area contributed by atoms with Crippen molar-refractivity contribution in [3.8, 4) is 66.8 Å². The molecule has 0 N–H and O–H groups in total. The fourth-order valence-corrected chi connectivity index (χ4v) is 13.5. The van der Waals surface area contributed by atoms with Crippen molar-refractivity contribution in [1.29, 1.82) is 0 Å². The van der Waals surface area contributed by atoms with Gasteiger partial charge < -0.3 is 9.80 Å². The smallest absolute Gasteiger partial charge is 0.0618 e. The van der Waals surface area contributed by atoms with Gasteiger partial charge in [0.2, 0.25) is 0 Å². The summed E-state index contributed by atoms with van der Waals surface area (Å²) in [5.41, 5.74) is 28.6. The van der Waals surface area contributed by atoms with E-state index in [0.29, 0.717) is 0 Å². The van der Waals surface area contributed by atoms with Crippen LogP contribution in [-0.4, -0.2) is 0 Å². The first-order valence-electron chi connectivity index (χ1n) is 34.9. The molecule has 0 saturated heterocycles. The third-order valence-corrected chi connectivity index (χ3v) is 19.2. The van der Waals surface area contributed by atoms with Gasteiger partial charge in [-0.3, -0.25) is 0 Å². The zero-order valence-electron chi connectivity index (χ0n) is 61.6. The molecule has 0 aromatic heterocycles. The van der Waals surface area contributed by atoms with Crippen molar-refractivity contribution in [2.24, 2.45) is 0 Å². The summed E-state index contributed by atoms with van der Waals surface area (Å²) in [6.45, 7) is 49.3. The van der Waals surface area contributed by atoms with Gasteiger partial charge in [-0.25, -0.2) is 0 Å². The topological polar surface area (TPSA) is 6.48 Å². The lowest BCUT2D eigenvalue weighted by Gasteiger charge is -2.36. The molecule has 0 aliphatic carbocycles. The molecular weight excluding hydrogens is 1160 g/mol. The van der Waals surface area contributed by atoms with Crippen molar-refractivity contribution < 1.29 is 0 Å². The molecule has 0 radical (unpaired) electrons. The number of anilines is 6. The molecule has 11 rings (SSSR count). The van der Waals surface area contributed by atoms with Crippen molar-refractivity contribution in [2.75, 3.05) is 9.80 Å². The number of benzene rings is 11. The Morgan fingerprint density at radius 3 is 0.698 bits per heavy atom. The first kappa shape index (κ1) is 68.4. The minimum atomic E-state index is -0.320. The van der Waals surface area contributed by atoms with Crippen LogP contribution in [0.1, 0.15) is 184 Å². The number of hydrogen-bond acceptors (Lipinski definition) is 2. The van der Waals surface area contributed by atoms with Crippen molar-refractivity contribution in [2.45, 2.75) is 183 Å². The molecule has 0 fully saturated rings. The van der Waals surface area contributed by atoms with Crippen LogP contribution in [-0.2, 0) is 37.9 Å². The lowest BCUT2D eigenvalue weighted by atomic mass is 9.77. The third-order valence-electron chi connectivity index (χ3n) is 19.2. The molecule has 0 unspecified atom stereocenters. The second kappa shape index (κ2) is 25.9. The van der Waals surface area contributed by atoms with Crippen molar-refractivity contribution >= 4 is 34.1 Å². The monoisotopic (exact) mass is 1260 g/mol. The Labute approximate surface area is 578 Å². The van der Waals surface area contributed by atoms with Crippen LogP contribution in [0, 0.1) is 0 Å². The molecule has 2 heteroatoms. The zero-order chi connectivity index (χ0) is 69.1. The Kier molecular flexibility index (Phi) is 18.4. The molecule has 0 heterocycles. The van der Waals surface area contributed by atoms with Crippen LogP contribution in [0.5, 0.6) is 0 Å². The number of hydrogen-bond donors (Lipinski definition) is 0. The average Bonchev–Trinajstić information content (AvgIpc) is 0.740. The lowest BCUT2D eigenvalue weighted by molar-refractivity contribution is 0.569. The first-order chi connectivity index (χ1) is 45.0. The Morgan fingerprint density at radius 1 is 0.177 bits per heavy atom. The summed E-state index contributed by atoms with van der Waals surface area (Å²) in [4.78, 5) is 5.25. The van der Waals surface area contributed by atoms with E-state index < -0.39 is 0 Å². The van der Waals surface area contributed by atoms with E-state index in [2.05, 4.69) is 404 Å². The van der Waals surface area contributed by atoms with Gasteiger partial charge in [0.05, 0.1) is 11.4 Å². The van der Waals surface area contributed by atoms with E-state index in [1.807, 2.05) is 0 Å². The second-order valence-corrected chi connectivity index (χ2v) is 34.1. The van der Waals surface area contributed by atoms with E-state index in [0.717, 1.165) is 78.6 Å². The second-order valence-electron chi connectivity index (χ2n) is 34.1. The van der Waals surface area contributed by atoms with E-state index in [4.69, 9.17) is 0 Å². The molecule has 0 bridgehead atoms. The van der Waals surface area contributed by atoms with Gasteiger partial charge in [-0.2, -0.15) is 0 Å². The van der Waals surface area contributed by atoms with Gasteiger partial charge >= 0.3 is 0 Å². The molecule has 490 valence electrons. The minimum Gasteiger partial charge on any atom is -0.309 e. The Bertz CT molecular complexity index is 4170. The minimum absolute atomic E-state index is 0.0194. The van der Waals surface area contributed by atoms with Gasteiger partial charge in [-0.15, -0.1) is 0 Å². The van der Waals surface area contributed by atoms with E-state index in [1.165, 1.54) is 61.2 Å². The van der Waals surface area contributed by atoms with Crippen LogP contribution in [0.25, 0.3) is 66.8 Å². The summed E-state index contributed by atoms with van der Waals surface area (Å²) in [5.74, 6) is 0. The van der Waals surface area contributed by atoms with Gasteiger partial charge in [-0.05, 0) is 188 Å². The van der Waals surface area contributed by atoms with Crippen LogP contribution in [0.4, 0.5) is 34.1 Å². The molecule has 0 saturated carbocycles. The standard InChI is InChI=1S/C94H104N2/c1-88(2,3)69-48-50-78(84(60-69)93(16,17)18)67-44-34-46-74(52-67)95(86-80(63-36-26-22-27-37-63)56-72(91(10,11)12)57-81(86)64-38-28-23-29-39-64)76-54-71(90(7,8)9)55-77(62-76)96(75-47-35-45-68(53-75)79-51-49-70(89(4,5)6)61-85(79)94(19,20)21)87-82(65-40-30-24-31-41-65)58-73(92(13,14)15)59-83(87)66-42-32-25-33-43-66/h22-62H,1-21H3. The first-order valence-corrected chi connectivity index (χ1v) is 34.9. The summed E-state index contributed by atoms with van der Waals surface area (Å²) < 4.78 is 0. The molecule has 0 amide bonds. The number of rotatable bonds is 12. The van der Waals surface area contributed by atoms with E-state index >= 15 is 0 Å². The lowest BCUT2D eigenvalue weighted by Crippen LogP contribution is -2.20. The van der Waals surface area contributed by atoms with Gasteiger partial charge in [0.15, 0.2) is 0 Å². The highest BCUT2D eigenvalue weighted by Gasteiger charge is 2.33. The predicted octanol–water partition coefficient (Wildman–Crippen LogP) is 27.7. The molecule has 11 aromatic carbocycles. The van der Waals surface area contributed by atoms with Crippen molar-refractivity contribution in [1.82, 2.24) is 0 Å². The summed E-state index contributed by atoms with van der Waals surface area (Å²) in [6.07, 6.45) is 0. The van der Waals surface area contributed by atoms with Crippen LogP contribution >= 0.6 is 0 Å². The maximum atomic E-state index is 2.62. The van der Waals surface area contributed by atoms with Crippen molar-refractivity contribution in [3.05, 3.63) is 288 Å². The summed E-state index contributed by atoms with van der Waals surface area (Å²) >= 11 is 0. The fraction of sp³-hybridized carbons (Fsp3) is 0.298. The van der Waals surface area contributed by atoms with E-state index in [9.17, 15) is 0 Å². The summed E-state index contributed by atoms with van der Waals surface area (Å²) in [6, 6.07) is 95.2. The maximum Gasteiger partial charge on any atom is 0.0618 e. The maximum absolute atomic E-state index is 2.62. The molecule has 0 atom stereocenters. The molecule has 11 aromatic rings. The average molecular weight is 1260 g/mol. The van der Waals surface area contributed by atoms with Crippen LogP contribution in [0.3, 0.4) is 0 Å².